The number of sulfonamides is 1. The second-order valence-electron chi connectivity index (χ2n) is 6.40. The average Bonchev–Trinajstić information content (AvgIpc) is 3.23. The zero-order valence-corrected chi connectivity index (χ0v) is 17.6. The van der Waals surface area contributed by atoms with E-state index in [0.717, 1.165) is 4.31 Å². The van der Waals surface area contributed by atoms with Crippen molar-refractivity contribution in [1.82, 2.24) is 4.31 Å². The van der Waals surface area contributed by atoms with Crippen molar-refractivity contribution in [3.05, 3.63) is 77.2 Å². The van der Waals surface area contributed by atoms with Crippen LogP contribution in [0.15, 0.2) is 70.2 Å². The molecule has 1 heterocycles. The van der Waals surface area contributed by atoms with Crippen molar-refractivity contribution in [2.45, 2.75) is 4.90 Å². The number of nitrogens with zero attached hydrogens (tertiary/aromatic N) is 1. The number of amides is 2. The molecule has 0 aliphatic carbocycles. The highest BCUT2D eigenvalue weighted by atomic mass is 35.5. The zero-order valence-electron chi connectivity index (χ0n) is 16.0. The smallest absolute Gasteiger partial charge is 0.291 e. The minimum Gasteiger partial charge on any atom is -0.459 e. The Morgan fingerprint density at radius 1 is 0.933 bits per heavy atom. The number of furan rings is 1. The molecule has 3 aromatic rings. The van der Waals surface area contributed by atoms with Gasteiger partial charge in [0.15, 0.2) is 5.76 Å². The van der Waals surface area contributed by atoms with E-state index in [2.05, 4.69) is 10.6 Å². The summed E-state index contributed by atoms with van der Waals surface area (Å²) in [5.41, 5.74) is 0.822. The molecule has 0 bridgehead atoms. The van der Waals surface area contributed by atoms with Crippen LogP contribution >= 0.6 is 11.6 Å². The van der Waals surface area contributed by atoms with Gasteiger partial charge in [0.25, 0.3) is 11.8 Å². The van der Waals surface area contributed by atoms with Crippen molar-refractivity contribution in [2.75, 3.05) is 24.7 Å². The molecular formula is C20H18ClN3O5S. The summed E-state index contributed by atoms with van der Waals surface area (Å²) < 4.78 is 30.7. The van der Waals surface area contributed by atoms with Gasteiger partial charge in [0.1, 0.15) is 0 Å². The van der Waals surface area contributed by atoms with E-state index in [0.29, 0.717) is 11.4 Å². The van der Waals surface area contributed by atoms with Gasteiger partial charge in [-0.05, 0) is 48.5 Å². The summed E-state index contributed by atoms with van der Waals surface area (Å²) in [6.45, 7) is 0. The second kappa shape index (κ2) is 8.70. The molecule has 0 aliphatic heterocycles. The largest absolute Gasteiger partial charge is 0.459 e. The lowest BCUT2D eigenvalue weighted by Gasteiger charge is -2.13. The number of anilines is 2. The van der Waals surface area contributed by atoms with Gasteiger partial charge < -0.3 is 15.1 Å². The molecule has 0 saturated heterocycles. The van der Waals surface area contributed by atoms with Crippen LogP contribution in [0.4, 0.5) is 11.4 Å². The Labute approximate surface area is 178 Å². The molecule has 1 aromatic heterocycles. The standard InChI is InChI=1S/C20H18ClN3O5S/c1-24(2)30(27,28)15-8-9-17(21)16(12-15)19(25)22-13-5-3-6-14(11-13)23-20(26)18-7-4-10-29-18/h3-12H,1-2H3,(H,22,25)(H,23,26). The lowest BCUT2D eigenvalue weighted by Crippen LogP contribution is -2.23. The number of carbonyl (C=O) groups is 2. The van der Waals surface area contributed by atoms with E-state index in [1.807, 2.05) is 0 Å². The van der Waals surface area contributed by atoms with Crippen LogP contribution in [0.25, 0.3) is 0 Å². The van der Waals surface area contributed by atoms with E-state index in [-0.39, 0.29) is 21.2 Å². The summed E-state index contributed by atoms with van der Waals surface area (Å²) in [4.78, 5) is 24.7. The van der Waals surface area contributed by atoms with E-state index >= 15 is 0 Å². The van der Waals surface area contributed by atoms with Crippen LogP contribution in [0.3, 0.4) is 0 Å². The Balaban J connectivity index is 1.80. The molecule has 0 atom stereocenters. The van der Waals surface area contributed by atoms with Crippen molar-refractivity contribution in [3.8, 4) is 0 Å². The fourth-order valence-electron chi connectivity index (χ4n) is 2.52. The lowest BCUT2D eigenvalue weighted by atomic mass is 10.2. The van der Waals surface area contributed by atoms with E-state index in [1.54, 1.807) is 30.3 Å². The highest BCUT2D eigenvalue weighted by Crippen LogP contribution is 2.24. The molecule has 10 heteroatoms. The summed E-state index contributed by atoms with van der Waals surface area (Å²) in [6, 6.07) is 13.5. The highest BCUT2D eigenvalue weighted by molar-refractivity contribution is 7.89. The van der Waals surface area contributed by atoms with Crippen molar-refractivity contribution in [2.24, 2.45) is 0 Å². The number of hydrogen-bond donors (Lipinski definition) is 2. The molecule has 2 amide bonds. The van der Waals surface area contributed by atoms with Crippen molar-refractivity contribution < 1.29 is 22.4 Å². The Hall–Kier alpha value is -3.14. The van der Waals surface area contributed by atoms with Gasteiger partial charge in [-0.1, -0.05) is 17.7 Å². The van der Waals surface area contributed by atoms with E-state index in [9.17, 15) is 18.0 Å². The minimum atomic E-state index is -3.73. The third kappa shape index (κ3) is 4.70. The maximum absolute atomic E-state index is 12.7. The van der Waals surface area contributed by atoms with Crippen LogP contribution in [-0.2, 0) is 10.0 Å². The van der Waals surface area contributed by atoms with Gasteiger partial charge in [0.05, 0.1) is 21.7 Å². The molecule has 2 aromatic carbocycles. The molecule has 156 valence electrons. The summed E-state index contributed by atoms with van der Waals surface area (Å²) in [5.74, 6) is -0.881. The molecule has 0 radical (unpaired) electrons. The molecular weight excluding hydrogens is 430 g/mol. The molecule has 8 nitrogen and oxygen atoms in total. The Bertz CT molecular complexity index is 1190. The first-order valence-electron chi connectivity index (χ1n) is 8.67. The number of carbonyl (C=O) groups excluding carboxylic acids is 2. The second-order valence-corrected chi connectivity index (χ2v) is 8.95. The van der Waals surface area contributed by atoms with Gasteiger partial charge >= 0.3 is 0 Å². The summed E-state index contributed by atoms with van der Waals surface area (Å²) in [6.07, 6.45) is 1.39. The summed E-state index contributed by atoms with van der Waals surface area (Å²) >= 11 is 6.11. The summed E-state index contributed by atoms with van der Waals surface area (Å²) in [7, 11) is -0.936. The number of halogens is 1. The van der Waals surface area contributed by atoms with Gasteiger partial charge in [0, 0.05) is 25.5 Å². The lowest BCUT2D eigenvalue weighted by molar-refractivity contribution is 0.0995. The highest BCUT2D eigenvalue weighted by Gasteiger charge is 2.21. The fraction of sp³-hybridized carbons (Fsp3) is 0.100. The van der Waals surface area contributed by atoms with Crippen LogP contribution in [0.1, 0.15) is 20.9 Å². The van der Waals surface area contributed by atoms with Crippen LogP contribution in [0.2, 0.25) is 5.02 Å². The summed E-state index contributed by atoms with van der Waals surface area (Å²) in [5, 5.41) is 5.41. The average molecular weight is 448 g/mol. The van der Waals surface area contributed by atoms with Gasteiger partial charge in [-0.15, -0.1) is 0 Å². The predicted octanol–water partition coefficient (Wildman–Crippen LogP) is 3.69. The maximum atomic E-state index is 12.7. The van der Waals surface area contributed by atoms with Gasteiger partial charge in [-0.25, -0.2) is 12.7 Å². The van der Waals surface area contributed by atoms with E-state index in [1.165, 1.54) is 44.6 Å². The van der Waals surface area contributed by atoms with Crippen LogP contribution in [0, 0.1) is 0 Å². The quantitative estimate of drug-likeness (QED) is 0.599. The molecule has 0 unspecified atom stereocenters. The van der Waals surface area contributed by atoms with Crippen LogP contribution < -0.4 is 10.6 Å². The first kappa shape index (κ1) is 21.6. The Morgan fingerprint density at radius 3 is 2.20 bits per heavy atom. The number of hydrogen-bond acceptors (Lipinski definition) is 5. The first-order chi connectivity index (χ1) is 14.2. The normalized spacial score (nSPS) is 11.3. The molecule has 30 heavy (non-hydrogen) atoms. The molecule has 0 spiro atoms. The molecule has 0 fully saturated rings. The van der Waals surface area contributed by atoms with Gasteiger partial charge in [-0.2, -0.15) is 0 Å². The van der Waals surface area contributed by atoms with Crippen molar-refractivity contribution >= 4 is 44.8 Å². The third-order valence-electron chi connectivity index (χ3n) is 4.08. The first-order valence-corrected chi connectivity index (χ1v) is 10.5. The van der Waals surface area contributed by atoms with Crippen molar-refractivity contribution in [3.63, 3.8) is 0 Å². The Kier molecular flexibility index (Phi) is 6.25. The molecule has 2 N–H and O–H groups in total. The fourth-order valence-corrected chi connectivity index (χ4v) is 3.66. The molecule has 0 saturated carbocycles. The maximum Gasteiger partial charge on any atom is 0.291 e. The van der Waals surface area contributed by atoms with Gasteiger partial charge in [-0.3, -0.25) is 9.59 Å². The van der Waals surface area contributed by atoms with Gasteiger partial charge in [0.2, 0.25) is 10.0 Å². The zero-order chi connectivity index (χ0) is 21.9. The van der Waals surface area contributed by atoms with Crippen molar-refractivity contribution in [1.29, 1.82) is 0 Å². The van der Waals surface area contributed by atoms with E-state index < -0.39 is 21.8 Å². The van der Waals surface area contributed by atoms with E-state index in [4.69, 9.17) is 16.0 Å². The number of rotatable bonds is 6. The Morgan fingerprint density at radius 2 is 1.60 bits per heavy atom. The molecule has 0 aliphatic rings. The number of nitrogens with one attached hydrogen (secondary N) is 2. The predicted molar refractivity (Wildman–Crippen MR) is 113 cm³/mol. The van der Waals surface area contributed by atoms with Crippen LogP contribution in [0.5, 0.6) is 0 Å². The minimum absolute atomic E-state index is 0.00427. The number of benzene rings is 2. The molecule has 3 rings (SSSR count). The third-order valence-corrected chi connectivity index (χ3v) is 6.22. The monoisotopic (exact) mass is 447 g/mol. The van der Waals surface area contributed by atoms with Crippen LogP contribution in [-0.4, -0.2) is 38.6 Å². The SMILES string of the molecule is CN(C)S(=O)(=O)c1ccc(Cl)c(C(=O)Nc2cccc(NC(=O)c3ccco3)c2)c1. The topological polar surface area (TPSA) is 109 Å².